The molecule has 0 amide bonds. The topological polar surface area (TPSA) is 71.1 Å². The molecule has 0 atom stereocenters. The minimum atomic E-state index is -3.61. The lowest BCUT2D eigenvalue weighted by atomic mass is 10.4. The van der Waals surface area contributed by atoms with Crippen LogP contribution in [0.1, 0.15) is 11.8 Å². The van der Waals surface area contributed by atoms with Crippen LogP contribution in [-0.4, -0.2) is 19.9 Å². The van der Waals surface area contributed by atoms with Crippen LogP contribution in [0.2, 0.25) is 0 Å². The minimum absolute atomic E-state index is 0.144. The standard InChI is InChI=1S/C12H14BrN3O2S2/c1-2-14-12-11(6-9(13)7-15-12)20(17,18)16-8-10-4-3-5-19-10/h3-7,16H,2,8H2,1H3,(H,14,15). The number of sulfonamides is 1. The molecular formula is C12H14BrN3O2S2. The molecule has 0 aliphatic carbocycles. The molecule has 5 nitrogen and oxygen atoms in total. The van der Waals surface area contributed by atoms with Crippen molar-refractivity contribution in [3.63, 3.8) is 0 Å². The summed E-state index contributed by atoms with van der Waals surface area (Å²) in [6.07, 6.45) is 1.57. The van der Waals surface area contributed by atoms with Gasteiger partial charge in [0.2, 0.25) is 10.0 Å². The summed E-state index contributed by atoms with van der Waals surface area (Å²) in [7, 11) is -3.61. The Kier molecular flexibility index (Phi) is 5.14. The average Bonchev–Trinajstić information content (AvgIpc) is 2.92. The number of anilines is 1. The molecule has 2 aromatic heterocycles. The van der Waals surface area contributed by atoms with Gasteiger partial charge in [-0.25, -0.2) is 18.1 Å². The van der Waals surface area contributed by atoms with Crippen LogP contribution in [-0.2, 0) is 16.6 Å². The van der Waals surface area contributed by atoms with E-state index in [0.29, 0.717) is 16.8 Å². The van der Waals surface area contributed by atoms with E-state index in [1.54, 1.807) is 12.3 Å². The first-order valence-corrected chi connectivity index (χ1v) is 9.10. The minimum Gasteiger partial charge on any atom is -0.369 e. The maximum Gasteiger partial charge on any atom is 0.244 e. The van der Waals surface area contributed by atoms with E-state index in [1.807, 2.05) is 24.4 Å². The highest BCUT2D eigenvalue weighted by molar-refractivity contribution is 9.10. The molecule has 0 radical (unpaired) electrons. The molecule has 0 unspecified atom stereocenters. The van der Waals surface area contributed by atoms with Crippen molar-refractivity contribution in [3.8, 4) is 0 Å². The van der Waals surface area contributed by atoms with Gasteiger partial charge in [0.25, 0.3) is 0 Å². The monoisotopic (exact) mass is 375 g/mol. The Bertz CT molecular complexity index is 672. The number of hydrogen-bond donors (Lipinski definition) is 2. The van der Waals surface area contributed by atoms with Crippen LogP contribution in [0.3, 0.4) is 0 Å². The molecule has 2 aromatic rings. The fraction of sp³-hybridized carbons (Fsp3) is 0.250. The first-order valence-electron chi connectivity index (χ1n) is 5.94. The smallest absolute Gasteiger partial charge is 0.244 e. The predicted molar refractivity (Wildman–Crippen MR) is 84.4 cm³/mol. The van der Waals surface area contributed by atoms with Crippen LogP contribution < -0.4 is 10.0 Å². The Morgan fingerprint density at radius 2 is 2.25 bits per heavy atom. The SMILES string of the molecule is CCNc1ncc(Br)cc1S(=O)(=O)NCc1cccs1. The van der Waals surface area contributed by atoms with Crippen LogP contribution in [0.5, 0.6) is 0 Å². The molecular weight excluding hydrogens is 362 g/mol. The molecule has 8 heteroatoms. The molecule has 108 valence electrons. The number of nitrogens with zero attached hydrogens (tertiary/aromatic N) is 1. The zero-order valence-electron chi connectivity index (χ0n) is 10.8. The Hall–Kier alpha value is -0.960. The van der Waals surface area contributed by atoms with Gasteiger partial charge >= 0.3 is 0 Å². The van der Waals surface area contributed by atoms with Gasteiger partial charge in [-0.1, -0.05) is 6.07 Å². The van der Waals surface area contributed by atoms with Crippen molar-refractivity contribution in [2.45, 2.75) is 18.4 Å². The van der Waals surface area contributed by atoms with Gasteiger partial charge in [0.05, 0.1) is 0 Å². The van der Waals surface area contributed by atoms with Crippen molar-refractivity contribution in [2.24, 2.45) is 0 Å². The van der Waals surface area contributed by atoms with E-state index in [4.69, 9.17) is 0 Å². The molecule has 2 N–H and O–H groups in total. The molecule has 2 heterocycles. The molecule has 0 aromatic carbocycles. The molecule has 0 aliphatic rings. The van der Waals surface area contributed by atoms with Crippen molar-refractivity contribution in [1.29, 1.82) is 0 Å². The largest absolute Gasteiger partial charge is 0.369 e. The quantitative estimate of drug-likeness (QED) is 0.814. The highest BCUT2D eigenvalue weighted by Crippen LogP contribution is 2.23. The predicted octanol–water partition coefficient (Wildman–Crippen LogP) is 2.82. The normalized spacial score (nSPS) is 11.5. The maximum absolute atomic E-state index is 12.4. The summed E-state index contributed by atoms with van der Waals surface area (Å²) in [6, 6.07) is 5.32. The fourth-order valence-corrected chi connectivity index (χ4v) is 3.96. The van der Waals surface area contributed by atoms with Crippen molar-refractivity contribution in [1.82, 2.24) is 9.71 Å². The van der Waals surface area contributed by atoms with Gasteiger partial charge in [0, 0.05) is 28.6 Å². The second kappa shape index (κ2) is 6.66. The number of rotatable bonds is 6. The summed E-state index contributed by atoms with van der Waals surface area (Å²) in [6.45, 7) is 2.76. The van der Waals surface area contributed by atoms with E-state index in [9.17, 15) is 8.42 Å². The highest BCUT2D eigenvalue weighted by Gasteiger charge is 2.20. The van der Waals surface area contributed by atoms with E-state index < -0.39 is 10.0 Å². The third-order valence-corrected chi connectivity index (χ3v) is 5.19. The van der Waals surface area contributed by atoms with Gasteiger partial charge in [0.15, 0.2) is 0 Å². The van der Waals surface area contributed by atoms with Crippen LogP contribution in [0, 0.1) is 0 Å². The van der Waals surface area contributed by atoms with Gasteiger partial charge in [-0.2, -0.15) is 0 Å². The third kappa shape index (κ3) is 3.78. The molecule has 0 saturated heterocycles. The number of halogens is 1. The van der Waals surface area contributed by atoms with Crippen molar-refractivity contribution in [2.75, 3.05) is 11.9 Å². The Morgan fingerprint density at radius 3 is 2.90 bits per heavy atom. The van der Waals surface area contributed by atoms with Crippen LogP contribution >= 0.6 is 27.3 Å². The van der Waals surface area contributed by atoms with Gasteiger partial charge in [-0.3, -0.25) is 0 Å². The Balaban J connectivity index is 2.26. The highest BCUT2D eigenvalue weighted by atomic mass is 79.9. The lowest BCUT2D eigenvalue weighted by Gasteiger charge is -2.11. The number of aromatic nitrogens is 1. The molecule has 20 heavy (non-hydrogen) atoms. The van der Waals surface area contributed by atoms with Gasteiger partial charge in [-0.05, 0) is 40.4 Å². The summed E-state index contributed by atoms with van der Waals surface area (Å²) >= 11 is 4.76. The van der Waals surface area contributed by atoms with E-state index in [0.717, 1.165) is 4.88 Å². The van der Waals surface area contributed by atoms with Crippen molar-refractivity contribution in [3.05, 3.63) is 39.1 Å². The summed E-state index contributed by atoms with van der Waals surface area (Å²) in [5.41, 5.74) is 0. The molecule has 0 spiro atoms. The number of pyridine rings is 1. The Morgan fingerprint density at radius 1 is 1.45 bits per heavy atom. The summed E-state index contributed by atoms with van der Waals surface area (Å²) in [5.74, 6) is 0.356. The van der Waals surface area contributed by atoms with Crippen molar-refractivity contribution < 1.29 is 8.42 Å². The van der Waals surface area contributed by atoms with Crippen LogP contribution in [0.15, 0.2) is 39.1 Å². The first kappa shape index (κ1) is 15.4. The number of hydrogen-bond acceptors (Lipinski definition) is 5. The second-order valence-electron chi connectivity index (χ2n) is 3.93. The van der Waals surface area contributed by atoms with E-state index in [2.05, 4.69) is 31.0 Å². The summed E-state index contributed by atoms with van der Waals surface area (Å²) < 4.78 is 27.9. The van der Waals surface area contributed by atoms with E-state index in [1.165, 1.54) is 11.3 Å². The van der Waals surface area contributed by atoms with Crippen LogP contribution in [0.4, 0.5) is 5.82 Å². The van der Waals surface area contributed by atoms with Crippen molar-refractivity contribution >= 4 is 43.1 Å². The van der Waals surface area contributed by atoms with Crippen LogP contribution in [0.25, 0.3) is 0 Å². The Labute approximate surface area is 130 Å². The van der Waals surface area contributed by atoms with E-state index in [-0.39, 0.29) is 11.4 Å². The fourth-order valence-electron chi connectivity index (χ4n) is 1.58. The maximum atomic E-state index is 12.4. The second-order valence-corrected chi connectivity index (χ2v) is 7.62. The summed E-state index contributed by atoms with van der Waals surface area (Å²) in [5, 5.41) is 4.87. The first-order chi connectivity index (χ1) is 9.53. The number of nitrogens with one attached hydrogen (secondary N) is 2. The van der Waals surface area contributed by atoms with Gasteiger partial charge < -0.3 is 5.32 Å². The zero-order valence-corrected chi connectivity index (χ0v) is 14.0. The number of thiophene rings is 1. The molecule has 0 fully saturated rings. The summed E-state index contributed by atoms with van der Waals surface area (Å²) in [4.78, 5) is 5.21. The van der Waals surface area contributed by atoms with Gasteiger partial charge in [-0.15, -0.1) is 11.3 Å². The molecule has 0 aliphatic heterocycles. The third-order valence-electron chi connectivity index (χ3n) is 2.47. The average molecular weight is 376 g/mol. The molecule has 0 bridgehead atoms. The molecule has 2 rings (SSSR count). The lowest BCUT2D eigenvalue weighted by molar-refractivity contribution is 0.581. The lowest BCUT2D eigenvalue weighted by Crippen LogP contribution is -2.24. The zero-order chi connectivity index (χ0) is 14.6. The molecule has 0 saturated carbocycles. The van der Waals surface area contributed by atoms with Gasteiger partial charge in [0.1, 0.15) is 10.7 Å². The van der Waals surface area contributed by atoms with E-state index >= 15 is 0 Å².